The van der Waals surface area contributed by atoms with E-state index >= 15 is 0 Å². The van der Waals surface area contributed by atoms with Crippen LogP contribution in [-0.4, -0.2) is 32.2 Å². The molecule has 3 heteroatoms. The molecule has 4 N–H and O–H groups in total. The van der Waals surface area contributed by atoms with Crippen molar-refractivity contribution in [3.8, 4) is 0 Å². The van der Waals surface area contributed by atoms with Crippen LogP contribution in [0, 0.1) is 17.3 Å². The number of nitrogens with two attached hydrogens (primary N) is 1. The van der Waals surface area contributed by atoms with Gasteiger partial charge < -0.3 is 16.4 Å². The van der Waals surface area contributed by atoms with E-state index in [4.69, 9.17) is 5.73 Å². The highest BCUT2D eigenvalue weighted by Gasteiger charge is 2.42. The van der Waals surface area contributed by atoms with Crippen LogP contribution in [0.5, 0.6) is 0 Å². The molecule has 3 nitrogen and oxygen atoms in total. The van der Waals surface area contributed by atoms with Crippen LogP contribution in [0.2, 0.25) is 0 Å². The Bertz CT molecular complexity index is 313. The Morgan fingerprint density at radius 2 is 1.50 bits per heavy atom. The van der Waals surface area contributed by atoms with Crippen LogP contribution in [0.25, 0.3) is 0 Å². The van der Waals surface area contributed by atoms with Crippen LogP contribution in [0.3, 0.4) is 0 Å². The number of hydrogen-bond acceptors (Lipinski definition) is 3. The molecule has 0 saturated heterocycles. The smallest absolute Gasteiger partial charge is 0.00673 e. The van der Waals surface area contributed by atoms with Crippen LogP contribution in [0.15, 0.2) is 0 Å². The van der Waals surface area contributed by atoms with E-state index in [1.807, 2.05) is 0 Å². The zero-order valence-electron chi connectivity index (χ0n) is 14.4. The molecule has 0 aliphatic heterocycles. The molecule has 0 atom stereocenters. The number of hydrogen-bond donors (Lipinski definition) is 3. The average molecular weight is 308 g/mol. The molecule has 0 unspecified atom stereocenters. The van der Waals surface area contributed by atoms with Gasteiger partial charge in [-0.15, -0.1) is 0 Å². The Kier molecular flexibility index (Phi) is 6.17. The predicted octanol–water partition coefficient (Wildman–Crippen LogP) is 3.04. The lowest BCUT2D eigenvalue weighted by molar-refractivity contribution is 0.264. The Balaban J connectivity index is 1.28. The van der Waals surface area contributed by atoms with Gasteiger partial charge in [0.05, 0.1) is 0 Å². The van der Waals surface area contributed by atoms with Crippen LogP contribution >= 0.6 is 0 Å². The summed E-state index contributed by atoms with van der Waals surface area (Å²) < 4.78 is 0. The van der Waals surface area contributed by atoms with Crippen molar-refractivity contribution in [3.63, 3.8) is 0 Å². The Morgan fingerprint density at radius 3 is 2.14 bits per heavy atom. The molecule has 3 fully saturated rings. The number of nitrogens with one attached hydrogen (secondary N) is 2. The van der Waals surface area contributed by atoms with Crippen LogP contribution < -0.4 is 16.4 Å². The molecule has 0 aromatic rings. The maximum absolute atomic E-state index is 5.79. The minimum atomic E-state index is 0.603. The summed E-state index contributed by atoms with van der Waals surface area (Å²) in [5, 5.41) is 7.68. The van der Waals surface area contributed by atoms with Gasteiger partial charge in [-0.3, -0.25) is 0 Å². The highest BCUT2D eigenvalue weighted by Crippen LogP contribution is 2.44. The van der Waals surface area contributed by atoms with Gasteiger partial charge in [-0.05, 0) is 81.7 Å². The van der Waals surface area contributed by atoms with E-state index < -0.39 is 0 Å². The van der Waals surface area contributed by atoms with E-state index in [2.05, 4.69) is 10.6 Å². The third kappa shape index (κ3) is 4.94. The Labute approximate surface area is 137 Å². The van der Waals surface area contributed by atoms with Gasteiger partial charge in [0.1, 0.15) is 0 Å². The second-order valence-electron chi connectivity index (χ2n) is 8.47. The second kappa shape index (κ2) is 8.12. The molecule has 3 rings (SSSR count). The lowest BCUT2D eigenvalue weighted by atomic mass is 9.82. The molecule has 0 aromatic carbocycles. The minimum absolute atomic E-state index is 0.603. The zero-order chi connectivity index (χ0) is 15.3. The van der Waals surface area contributed by atoms with Gasteiger partial charge >= 0.3 is 0 Å². The monoisotopic (exact) mass is 307 g/mol. The average Bonchev–Trinajstić information content (AvgIpc) is 3.35. The SMILES string of the molecule is NC[C@H]1CC[C@H](CNCC2(CNC3CCCCC3)CC2)CC1. The molecule has 128 valence electrons. The standard InChI is InChI=1S/C19H37N3/c20-12-16-6-8-17(9-7-16)13-21-14-19(10-11-19)15-22-18-4-2-1-3-5-18/h16-18,21-22H,1-15,20H2/t16-,17-. The first-order valence-corrected chi connectivity index (χ1v) is 9.94. The van der Waals surface area contributed by atoms with Crippen molar-refractivity contribution >= 4 is 0 Å². The van der Waals surface area contributed by atoms with E-state index in [0.29, 0.717) is 5.41 Å². The lowest BCUT2D eigenvalue weighted by Gasteiger charge is -2.29. The van der Waals surface area contributed by atoms with Crippen LogP contribution in [-0.2, 0) is 0 Å². The maximum atomic E-state index is 5.79. The largest absolute Gasteiger partial charge is 0.330 e. The van der Waals surface area contributed by atoms with Gasteiger partial charge in [-0.2, -0.15) is 0 Å². The van der Waals surface area contributed by atoms with Gasteiger partial charge in [0.25, 0.3) is 0 Å². The molecule has 3 saturated carbocycles. The fourth-order valence-electron chi connectivity index (χ4n) is 4.47. The van der Waals surface area contributed by atoms with Crippen molar-refractivity contribution < 1.29 is 0 Å². The molecular formula is C19H37N3. The highest BCUT2D eigenvalue weighted by atomic mass is 15.0. The van der Waals surface area contributed by atoms with Crippen molar-refractivity contribution in [2.24, 2.45) is 23.0 Å². The summed E-state index contributed by atoms with van der Waals surface area (Å²) in [6.07, 6.45) is 15.5. The summed E-state index contributed by atoms with van der Waals surface area (Å²) in [4.78, 5) is 0. The molecule has 22 heavy (non-hydrogen) atoms. The summed E-state index contributed by atoms with van der Waals surface area (Å²) in [6, 6.07) is 0.817. The topological polar surface area (TPSA) is 50.1 Å². The van der Waals surface area contributed by atoms with Gasteiger partial charge in [-0.25, -0.2) is 0 Å². The van der Waals surface area contributed by atoms with Crippen molar-refractivity contribution in [2.75, 3.05) is 26.2 Å². The van der Waals surface area contributed by atoms with Crippen LogP contribution in [0.4, 0.5) is 0 Å². The summed E-state index contributed by atoms with van der Waals surface area (Å²) in [6.45, 7) is 4.63. The van der Waals surface area contributed by atoms with Crippen molar-refractivity contribution in [2.45, 2.75) is 76.7 Å². The Morgan fingerprint density at radius 1 is 0.818 bits per heavy atom. The molecule has 0 heterocycles. The first-order chi connectivity index (χ1) is 10.8. The maximum Gasteiger partial charge on any atom is 0.00673 e. The summed E-state index contributed by atoms with van der Waals surface area (Å²) in [5.41, 5.74) is 6.39. The predicted molar refractivity (Wildman–Crippen MR) is 93.9 cm³/mol. The second-order valence-corrected chi connectivity index (χ2v) is 8.47. The third-order valence-corrected chi connectivity index (χ3v) is 6.56. The normalized spacial score (nSPS) is 32.0. The summed E-state index contributed by atoms with van der Waals surface area (Å²) in [7, 11) is 0. The van der Waals surface area contributed by atoms with Gasteiger partial charge in [-0.1, -0.05) is 19.3 Å². The zero-order valence-corrected chi connectivity index (χ0v) is 14.4. The van der Waals surface area contributed by atoms with E-state index in [-0.39, 0.29) is 0 Å². The van der Waals surface area contributed by atoms with Gasteiger partial charge in [0.2, 0.25) is 0 Å². The molecule has 0 aromatic heterocycles. The first-order valence-electron chi connectivity index (χ1n) is 9.94. The van der Waals surface area contributed by atoms with Crippen molar-refractivity contribution in [3.05, 3.63) is 0 Å². The van der Waals surface area contributed by atoms with Crippen molar-refractivity contribution in [1.29, 1.82) is 0 Å². The Hall–Kier alpha value is -0.120. The quantitative estimate of drug-likeness (QED) is 0.646. The first kappa shape index (κ1) is 16.7. The van der Waals surface area contributed by atoms with Gasteiger partial charge in [0, 0.05) is 19.1 Å². The minimum Gasteiger partial charge on any atom is -0.330 e. The molecule has 0 spiro atoms. The molecule has 0 bridgehead atoms. The van der Waals surface area contributed by atoms with E-state index in [9.17, 15) is 0 Å². The van der Waals surface area contributed by atoms with E-state index in [1.54, 1.807) is 0 Å². The summed E-state index contributed by atoms with van der Waals surface area (Å²) in [5.74, 6) is 1.72. The fraction of sp³-hybridized carbons (Fsp3) is 1.00. The van der Waals surface area contributed by atoms with E-state index in [1.165, 1.54) is 90.3 Å². The van der Waals surface area contributed by atoms with E-state index in [0.717, 1.165) is 24.4 Å². The fourth-order valence-corrected chi connectivity index (χ4v) is 4.47. The molecule has 3 aliphatic rings. The van der Waals surface area contributed by atoms with Gasteiger partial charge in [0.15, 0.2) is 0 Å². The molecule has 0 amide bonds. The molecule has 0 radical (unpaired) electrons. The number of rotatable bonds is 8. The summed E-state index contributed by atoms with van der Waals surface area (Å²) >= 11 is 0. The highest BCUT2D eigenvalue weighted by molar-refractivity contribution is 4.97. The molecule has 3 aliphatic carbocycles. The third-order valence-electron chi connectivity index (χ3n) is 6.56. The van der Waals surface area contributed by atoms with Crippen LogP contribution in [0.1, 0.15) is 70.6 Å². The lowest BCUT2D eigenvalue weighted by Crippen LogP contribution is -2.40. The van der Waals surface area contributed by atoms with Crippen molar-refractivity contribution in [1.82, 2.24) is 10.6 Å². The molecular weight excluding hydrogens is 270 g/mol.